The van der Waals surface area contributed by atoms with Crippen LogP contribution in [0.15, 0.2) is 77.9 Å². The minimum atomic E-state index is -1.20. The molecule has 3 aromatic carbocycles. The van der Waals surface area contributed by atoms with Gasteiger partial charge in [0.05, 0.1) is 5.92 Å². The molecule has 4 aliphatic heterocycles. The topological polar surface area (TPSA) is 69.7 Å². The van der Waals surface area contributed by atoms with E-state index in [2.05, 4.69) is 10.2 Å². The molecule has 1 N–H and O–H groups in total. The molecule has 3 aromatic rings. The number of piperidine rings is 1. The van der Waals surface area contributed by atoms with Gasteiger partial charge in [-0.15, -0.1) is 0 Å². The molecule has 6 nitrogen and oxygen atoms in total. The van der Waals surface area contributed by atoms with Crippen LogP contribution in [-0.2, 0) is 19.9 Å². The van der Waals surface area contributed by atoms with Gasteiger partial charge in [0.1, 0.15) is 17.2 Å². The van der Waals surface area contributed by atoms with E-state index >= 15 is 0 Å². The van der Waals surface area contributed by atoms with E-state index in [1.165, 1.54) is 24.3 Å². The molecule has 1 spiro atoms. The summed E-state index contributed by atoms with van der Waals surface area (Å²) in [4.78, 5) is 46.0. The molecule has 4 heterocycles. The number of ketones is 1. The van der Waals surface area contributed by atoms with Gasteiger partial charge in [0.2, 0.25) is 11.8 Å². The maximum Gasteiger partial charge on any atom is 0.250 e. The fraction of sp³-hybridized carbons (Fsp3) is 0.265. The van der Waals surface area contributed by atoms with Crippen LogP contribution in [0.4, 0.5) is 14.5 Å². The zero-order valence-corrected chi connectivity index (χ0v) is 23.9. The summed E-state index contributed by atoms with van der Waals surface area (Å²) in [6.45, 7) is 0.555. The predicted octanol–water partition coefficient (Wildman–Crippen LogP) is 5.83. The lowest BCUT2D eigenvalue weighted by atomic mass is 9.77. The number of carbonyl (C=O) groups is 3. The number of nitrogens with one attached hydrogen (secondary N) is 1. The zero-order chi connectivity index (χ0) is 29.9. The Morgan fingerprint density at radius 3 is 2.19 bits per heavy atom. The van der Waals surface area contributed by atoms with E-state index in [-0.39, 0.29) is 59.0 Å². The van der Waals surface area contributed by atoms with Gasteiger partial charge in [0.25, 0.3) is 0 Å². The predicted molar refractivity (Wildman–Crippen MR) is 160 cm³/mol. The lowest BCUT2D eigenvalue weighted by molar-refractivity contribution is -0.144. The molecule has 3 atom stereocenters. The molecule has 43 heavy (non-hydrogen) atoms. The molecular formula is C34H28ClF2N3O3. The van der Waals surface area contributed by atoms with Gasteiger partial charge in [-0.2, -0.15) is 0 Å². The van der Waals surface area contributed by atoms with E-state index in [1.54, 1.807) is 53.4 Å². The standard InChI is InChI=1S/C34H28ClF2N3O3/c35-24-11-12-26-30(16-24)38-33(43)34(26)27(17-25-8-5-13-40(25)34)32(42)39-18-22(14-20-6-1-3-9-28(20)36)31(41)23(19-39)15-21-7-2-4-10-29(21)37/h1-4,6-7,9-12,14-16,25,27H,5,8,13,17-19H2,(H,38,43)/b22-14-,23-15+/t25-,27+,34+/m1/s1. The summed E-state index contributed by atoms with van der Waals surface area (Å²) in [6.07, 6.45) is 5.18. The van der Waals surface area contributed by atoms with Crippen LogP contribution in [0.2, 0.25) is 5.02 Å². The lowest BCUT2D eigenvalue weighted by Crippen LogP contribution is -2.56. The van der Waals surface area contributed by atoms with Gasteiger partial charge in [-0.25, -0.2) is 8.78 Å². The van der Waals surface area contributed by atoms with Crippen molar-refractivity contribution < 1.29 is 23.2 Å². The highest BCUT2D eigenvalue weighted by molar-refractivity contribution is 6.31. The van der Waals surface area contributed by atoms with E-state index < -0.39 is 23.1 Å². The number of benzene rings is 3. The van der Waals surface area contributed by atoms with Crippen LogP contribution < -0.4 is 5.32 Å². The van der Waals surface area contributed by atoms with E-state index in [4.69, 9.17) is 11.6 Å². The number of fused-ring (bicyclic) bond motifs is 4. The van der Waals surface area contributed by atoms with Gasteiger partial charge in [-0.05, 0) is 62.2 Å². The third kappa shape index (κ3) is 4.43. The first kappa shape index (κ1) is 27.7. The molecular weight excluding hydrogens is 572 g/mol. The number of hydrogen-bond donors (Lipinski definition) is 1. The van der Waals surface area contributed by atoms with Crippen LogP contribution in [-0.4, -0.2) is 53.1 Å². The number of rotatable bonds is 3. The summed E-state index contributed by atoms with van der Waals surface area (Å²) < 4.78 is 29.3. The highest BCUT2D eigenvalue weighted by Crippen LogP contribution is 2.56. The van der Waals surface area contributed by atoms with Gasteiger partial charge < -0.3 is 10.2 Å². The average molecular weight is 600 g/mol. The molecule has 3 fully saturated rings. The number of nitrogens with zero attached hydrogens (tertiary/aromatic N) is 2. The van der Waals surface area contributed by atoms with Crippen molar-refractivity contribution in [3.63, 3.8) is 0 Å². The van der Waals surface area contributed by atoms with E-state index in [1.807, 2.05) is 6.07 Å². The number of anilines is 1. The van der Waals surface area contributed by atoms with Crippen LogP contribution in [0.5, 0.6) is 0 Å². The summed E-state index contributed by atoms with van der Waals surface area (Å²) in [6, 6.07) is 17.5. The third-order valence-corrected chi connectivity index (χ3v) is 9.45. The third-order valence-electron chi connectivity index (χ3n) is 9.21. The van der Waals surface area contributed by atoms with E-state index in [9.17, 15) is 23.2 Å². The smallest absolute Gasteiger partial charge is 0.250 e. The number of likely N-dealkylation sites (tertiary alicyclic amines) is 1. The highest BCUT2D eigenvalue weighted by atomic mass is 35.5. The van der Waals surface area contributed by atoms with Crippen molar-refractivity contribution in [2.75, 3.05) is 25.0 Å². The Kier molecular flexibility index (Phi) is 6.78. The molecule has 218 valence electrons. The molecule has 0 radical (unpaired) electrons. The molecule has 7 rings (SSSR count). The quantitative estimate of drug-likeness (QED) is 0.385. The summed E-state index contributed by atoms with van der Waals surface area (Å²) in [5, 5.41) is 3.46. The van der Waals surface area contributed by atoms with Crippen molar-refractivity contribution in [2.24, 2.45) is 5.92 Å². The van der Waals surface area contributed by atoms with Crippen LogP contribution in [0.25, 0.3) is 12.2 Å². The van der Waals surface area contributed by atoms with Crippen molar-refractivity contribution in [1.82, 2.24) is 9.80 Å². The van der Waals surface area contributed by atoms with Crippen LogP contribution in [0.3, 0.4) is 0 Å². The largest absolute Gasteiger partial charge is 0.333 e. The van der Waals surface area contributed by atoms with Crippen LogP contribution >= 0.6 is 11.6 Å². The van der Waals surface area contributed by atoms with Crippen molar-refractivity contribution in [3.05, 3.63) is 111 Å². The second-order valence-electron chi connectivity index (χ2n) is 11.6. The first-order valence-electron chi connectivity index (χ1n) is 14.4. The van der Waals surface area contributed by atoms with E-state index in [0.29, 0.717) is 23.7 Å². The van der Waals surface area contributed by atoms with Gasteiger partial charge in [-0.3, -0.25) is 19.3 Å². The van der Waals surface area contributed by atoms with Gasteiger partial charge in [0.15, 0.2) is 5.78 Å². The van der Waals surface area contributed by atoms with Gasteiger partial charge >= 0.3 is 0 Å². The molecule has 3 saturated heterocycles. The zero-order valence-electron chi connectivity index (χ0n) is 23.2. The maximum atomic E-state index is 14.7. The van der Waals surface area contributed by atoms with Crippen molar-refractivity contribution in [2.45, 2.75) is 30.8 Å². The van der Waals surface area contributed by atoms with Crippen LogP contribution in [0, 0.1) is 17.6 Å². The Hall–Kier alpha value is -4.14. The average Bonchev–Trinajstić information content (AvgIpc) is 3.66. The molecule has 0 aliphatic carbocycles. The molecule has 9 heteroatoms. The Labute approximate surface area is 252 Å². The number of Topliss-reactive ketones (excluding diaryl/α,β-unsaturated/α-hetero) is 1. The minimum Gasteiger partial charge on any atom is -0.333 e. The Morgan fingerprint density at radius 2 is 1.56 bits per heavy atom. The Balaban J connectivity index is 1.32. The number of amides is 2. The Morgan fingerprint density at radius 1 is 0.930 bits per heavy atom. The van der Waals surface area contributed by atoms with Crippen LogP contribution in [0.1, 0.15) is 36.0 Å². The molecule has 4 aliphatic rings. The first-order chi connectivity index (χ1) is 20.8. The lowest BCUT2D eigenvalue weighted by Gasteiger charge is -2.39. The monoisotopic (exact) mass is 599 g/mol. The second kappa shape index (κ2) is 10.5. The van der Waals surface area contributed by atoms with E-state index in [0.717, 1.165) is 18.4 Å². The second-order valence-corrected chi connectivity index (χ2v) is 12.0. The van der Waals surface area contributed by atoms with Crippen molar-refractivity contribution in [3.8, 4) is 0 Å². The molecule has 0 aromatic heterocycles. The van der Waals surface area contributed by atoms with Crippen molar-refractivity contribution in [1.29, 1.82) is 0 Å². The molecule has 0 unspecified atom stereocenters. The normalized spacial score (nSPS) is 26.8. The number of carbonyl (C=O) groups excluding carboxylic acids is 3. The summed E-state index contributed by atoms with van der Waals surface area (Å²) in [5.74, 6) is -2.64. The minimum absolute atomic E-state index is 0.0506. The first-order valence-corrected chi connectivity index (χ1v) is 14.8. The van der Waals surface area contributed by atoms with Crippen molar-refractivity contribution >= 4 is 47.0 Å². The number of halogens is 3. The molecule has 2 amide bonds. The number of hydrogen-bond acceptors (Lipinski definition) is 4. The highest BCUT2D eigenvalue weighted by Gasteiger charge is 2.66. The Bertz CT molecular complexity index is 1690. The van der Waals surface area contributed by atoms with Gasteiger partial charge in [0, 0.05) is 57.7 Å². The summed E-state index contributed by atoms with van der Waals surface area (Å²) in [5.41, 5.74) is 0.961. The molecule has 0 saturated carbocycles. The maximum absolute atomic E-state index is 14.7. The van der Waals surface area contributed by atoms with Gasteiger partial charge in [-0.1, -0.05) is 54.1 Å². The SMILES string of the molecule is O=C1/C(=C\c2ccccc2F)CN(C(=O)[C@@H]2C[C@H]3CCCN3[C@]23C(=O)Nc2cc(Cl)ccc23)C/C1=C\c1ccccc1F. The fourth-order valence-electron chi connectivity index (χ4n) is 7.37. The fourth-order valence-corrected chi connectivity index (χ4v) is 7.54. The summed E-state index contributed by atoms with van der Waals surface area (Å²) in [7, 11) is 0. The molecule has 0 bridgehead atoms. The summed E-state index contributed by atoms with van der Waals surface area (Å²) >= 11 is 6.26.